The number of benzene rings is 2. The van der Waals surface area contributed by atoms with Gasteiger partial charge in [0.1, 0.15) is 5.60 Å². The van der Waals surface area contributed by atoms with Gasteiger partial charge in [-0.3, -0.25) is 5.32 Å². The fourth-order valence-corrected chi connectivity index (χ4v) is 2.87. The molecule has 0 aliphatic carbocycles. The van der Waals surface area contributed by atoms with Gasteiger partial charge in [-0.1, -0.05) is 6.07 Å². The molecule has 0 atom stereocenters. The van der Waals surface area contributed by atoms with E-state index in [0.717, 1.165) is 0 Å². The number of hydrogen-bond acceptors (Lipinski definition) is 2. The summed E-state index contributed by atoms with van der Waals surface area (Å²) in [5.41, 5.74) is -3.18. The van der Waals surface area contributed by atoms with Crippen LogP contribution in [0.15, 0.2) is 36.4 Å². The topological polar surface area (TPSA) is 38.3 Å². The van der Waals surface area contributed by atoms with Crippen LogP contribution in [0.1, 0.15) is 30.5 Å². The molecule has 1 N–H and O–H groups in total. The predicted octanol–water partition coefficient (Wildman–Crippen LogP) is 6.19. The number of halogens is 6. The molecule has 9 heteroatoms. The van der Waals surface area contributed by atoms with Crippen molar-refractivity contribution in [1.82, 2.24) is 0 Å². The normalized spacial score (nSPS) is 16.4. The van der Waals surface area contributed by atoms with Crippen molar-refractivity contribution in [2.75, 3.05) is 5.32 Å². The van der Waals surface area contributed by atoms with Crippen LogP contribution in [0.4, 0.5) is 36.8 Å². The van der Waals surface area contributed by atoms with Gasteiger partial charge in [-0.05, 0) is 55.3 Å². The fraction of sp³-hybridized carbons (Fsp3) is 0.278. The van der Waals surface area contributed by atoms with Crippen molar-refractivity contribution < 1.29 is 35.9 Å². The Morgan fingerprint density at radius 1 is 0.852 bits per heavy atom. The van der Waals surface area contributed by atoms with E-state index in [1.807, 2.05) is 0 Å². The second kappa shape index (κ2) is 5.90. The molecule has 3 rings (SSSR count). The number of carbonyl (C=O) groups excluding carboxylic acids is 1. The average molecular weight is 389 g/mol. The maximum absolute atomic E-state index is 13.1. The predicted molar refractivity (Wildman–Crippen MR) is 85.0 cm³/mol. The Kier molecular flexibility index (Phi) is 4.16. The number of nitrogens with one attached hydrogen (secondary N) is 1. The van der Waals surface area contributed by atoms with Crippen LogP contribution >= 0.6 is 0 Å². The number of alkyl halides is 6. The van der Waals surface area contributed by atoms with Crippen LogP contribution < -0.4 is 5.32 Å². The quantitative estimate of drug-likeness (QED) is 0.591. The fourth-order valence-electron chi connectivity index (χ4n) is 2.87. The van der Waals surface area contributed by atoms with Crippen molar-refractivity contribution >= 4 is 11.8 Å². The van der Waals surface area contributed by atoms with E-state index in [1.165, 1.54) is 18.2 Å². The number of ether oxygens (including phenoxy) is 1. The van der Waals surface area contributed by atoms with Crippen LogP contribution in [0.5, 0.6) is 0 Å². The lowest BCUT2D eigenvalue weighted by Gasteiger charge is -2.32. The molecule has 0 spiro atoms. The SMILES string of the molecule is CC1(C)OC(=O)Nc2ccc(-c3cc(C(F)(F)F)cc(C(F)(F)F)c3)cc21. The summed E-state index contributed by atoms with van der Waals surface area (Å²) in [5, 5.41) is 2.44. The van der Waals surface area contributed by atoms with Gasteiger partial charge in [0.05, 0.1) is 16.8 Å². The molecular weight excluding hydrogens is 376 g/mol. The van der Waals surface area contributed by atoms with E-state index >= 15 is 0 Å². The molecule has 0 unspecified atom stereocenters. The van der Waals surface area contributed by atoms with E-state index in [0.29, 0.717) is 23.4 Å². The molecule has 0 saturated heterocycles. The summed E-state index contributed by atoms with van der Waals surface area (Å²) in [6, 6.07) is 5.56. The lowest BCUT2D eigenvalue weighted by Crippen LogP contribution is -2.34. The first-order valence-electron chi connectivity index (χ1n) is 7.72. The minimum atomic E-state index is -4.93. The van der Waals surface area contributed by atoms with Crippen molar-refractivity contribution in [1.29, 1.82) is 0 Å². The van der Waals surface area contributed by atoms with Crippen LogP contribution in [0.25, 0.3) is 11.1 Å². The third kappa shape index (κ3) is 3.72. The van der Waals surface area contributed by atoms with Gasteiger partial charge in [0.15, 0.2) is 0 Å². The Hall–Kier alpha value is -2.71. The van der Waals surface area contributed by atoms with Crippen molar-refractivity contribution in [3.63, 3.8) is 0 Å². The highest BCUT2D eigenvalue weighted by Gasteiger charge is 2.38. The average Bonchev–Trinajstić information content (AvgIpc) is 2.51. The van der Waals surface area contributed by atoms with Gasteiger partial charge in [0.25, 0.3) is 0 Å². The molecule has 0 fully saturated rings. The first kappa shape index (κ1) is 19.1. The second-order valence-corrected chi connectivity index (χ2v) is 6.58. The summed E-state index contributed by atoms with van der Waals surface area (Å²) in [5.74, 6) is 0. The summed E-state index contributed by atoms with van der Waals surface area (Å²) in [4.78, 5) is 11.5. The van der Waals surface area contributed by atoms with Crippen LogP contribution in [0, 0.1) is 0 Å². The molecular formula is C18H13F6NO2. The number of anilines is 1. The maximum atomic E-state index is 13.1. The van der Waals surface area contributed by atoms with Gasteiger partial charge in [-0.2, -0.15) is 26.3 Å². The summed E-state index contributed by atoms with van der Waals surface area (Å²) in [7, 11) is 0. The van der Waals surface area contributed by atoms with Gasteiger partial charge in [-0.15, -0.1) is 0 Å². The monoisotopic (exact) mass is 389 g/mol. The van der Waals surface area contributed by atoms with Crippen LogP contribution in [0.3, 0.4) is 0 Å². The van der Waals surface area contributed by atoms with Crippen molar-refractivity contribution in [3.8, 4) is 11.1 Å². The van der Waals surface area contributed by atoms with Crippen molar-refractivity contribution in [3.05, 3.63) is 53.1 Å². The third-order valence-corrected chi connectivity index (χ3v) is 4.17. The van der Waals surface area contributed by atoms with Gasteiger partial charge >= 0.3 is 18.4 Å². The summed E-state index contributed by atoms with van der Waals surface area (Å²) in [6.45, 7) is 3.14. The zero-order chi connectivity index (χ0) is 20.2. The van der Waals surface area contributed by atoms with Crippen molar-refractivity contribution in [2.45, 2.75) is 31.8 Å². The Labute approximate surface area is 149 Å². The summed E-state index contributed by atoms with van der Waals surface area (Å²) < 4.78 is 83.5. The van der Waals surface area contributed by atoms with Gasteiger partial charge in [-0.25, -0.2) is 4.79 Å². The molecule has 2 aromatic carbocycles. The summed E-state index contributed by atoms with van der Waals surface area (Å²) in [6.07, 6.45) is -10.6. The Bertz CT molecular complexity index is 883. The Morgan fingerprint density at radius 3 is 1.93 bits per heavy atom. The van der Waals surface area contributed by atoms with Gasteiger partial charge in [0, 0.05) is 5.56 Å². The highest BCUT2D eigenvalue weighted by molar-refractivity contribution is 5.89. The molecule has 1 aliphatic heterocycles. The number of hydrogen-bond donors (Lipinski definition) is 1. The zero-order valence-corrected chi connectivity index (χ0v) is 14.0. The molecule has 1 amide bonds. The lowest BCUT2D eigenvalue weighted by molar-refractivity contribution is -0.143. The molecule has 1 heterocycles. The molecule has 0 bridgehead atoms. The van der Waals surface area contributed by atoms with E-state index in [1.54, 1.807) is 13.8 Å². The number of carbonyl (C=O) groups is 1. The second-order valence-electron chi connectivity index (χ2n) is 6.58. The zero-order valence-electron chi connectivity index (χ0n) is 14.0. The van der Waals surface area contributed by atoms with E-state index < -0.39 is 35.2 Å². The van der Waals surface area contributed by atoms with E-state index in [4.69, 9.17) is 4.74 Å². The first-order valence-corrected chi connectivity index (χ1v) is 7.72. The van der Waals surface area contributed by atoms with Crippen LogP contribution in [-0.2, 0) is 22.7 Å². The van der Waals surface area contributed by atoms with Gasteiger partial charge < -0.3 is 4.74 Å². The number of rotatable bonds is 1. The molecule has 2 aromatic rings. The number of amides is 1. The van der Waals surface area contributed by atoms with Crippen molar-refractivity contribution in [2.24, 2.45) is 0 Å². The first-order chi connectivity index (χ1) is 12.3. The molecule has 27 heavy (non-hydrogen) atoms. The molecule has 0 saturated carbocycles. The molecule has 1 aliphatic rings. The lowest BCUT2D eigenvalue weighted by atomic mass is 9.90. The van der Waals surface area contributed by atoms with E-state index in [2.05, 4.69) is 5.32 Å². The molecule has 0 aromatic heterocycles. The van der Waals surface area contributed by atoms with Crippen LogP contribution in [0.2, 0.25) is 0 Å². The largest absolute Gasteiger partial charge is 0.438 e. The highest BCUT2D eigenvalue weighted by Crippen LogP contribution is 2.41. The maximum Gasteiger partial charge on any atom is 0.416 e. The number of fused-ring (bicyclic) bond motifs is 1. The molecule has 3 nitrogen and oxygen atoms in total. The number of cyclic esters (lactones) is 1. The van der Waals surface area contributed by atoms with Crippen LogP contribution in [-0.4, -0.2) is 6.09 Å². The Balaban J connectivity index is 2.18. The minimum Gasteiger partial charge on any atom is -0.438 e. The smallest absolute Gasteiger partial charge is 0.416 e. The molecule has 0 radical (unpaired) electrons. The molecule has 144 valence electrons. The standard InChI is InChI=1S/C18H13F6NO2/c1-16(2)13-7-9(3-4-14(13)25-15(26)27-16)10-5-11(17(19,20)21)8-12(6-10)18(22,23)24/h3-8H,1-2H3,(H,25,26). The highest BCUT2D eigenvalue weighted by atomic mass is 19.4. The van der Waals surface area contributed by atoms with E-state index in [-0.39, 0.29) is 17.2 Å². The summed E-state index contributed by atoms with van der Waals surface area (Å²) >= 11 is 0. The van der Waals surface area contributed by atoms with E-state index in [9.17, 15) is 31.1 Å². The third-order valence-electron chi connectivity index (χ3n) is 4.17. The van der Waals surface area contributed by atoms with Gasteiger partial charge in [0.2, 0.25) is 0 Å². The Morgan fingerprint density at radius 2 is 1.41 bits per heavy atom. The minimum absolute atomic E-state index is 0.0785.